The Morgan fingerprint density at radius 2 is 1.83 bits per heavy atom. The van der Waals surface area contributed by atoms with Gasteiger partial charge in [0.2, 0.25) is 0 Å². The summed E-state index contributed by atoms with van der Waals surface area (Å²) in [4.78, 5) is 40.4. The van der Waals surface area contributed by atoms with Crippen molar-refractivity contribution in [2.24, 2.45) is 0 Å². The van der Waals surface area contributed by atoms with Crippen LogP contribution in [0.3, 0.4) is 0 Å². The Balaban J connectivity index is 1.62. The molecule has 2 aromatic heterocycles. The van der Waals surface area contributed by atoms with Crippen molar-refractivity contribution in [2.45, 2.75) is 12.5 Å². The topological polar surface area (TPSA) is 101 Å². The number of esters is 1. The van der Waals surface area contributed by atoms with Gasteiger partial charge in [-0.15, -0.1) is 0 Å². The first-order valence-electron chi connectivity index (χ1n) is 9.03. The zero-order valence-corrected chi connectivity index (χ0v) is 15.6. The minimum atomic E-state index is -0.941. The third-order valence-electron chi connectivity index (χ3n) is 4.75. The molecule has 146 valence electrons. The summed E-state index contributed by atoms with van der Waals surface area (Å²) in [6.45, 7) is 0. The van der Waals surface area contributed by atoms with Crippen molar-refractivity contribution in [3.63, 3.8) is 0 Å². The van der Waals surface area contributed by atoms with Crippen molar-refractivity contribution in [3.05, 3.63) is 82.3 Å². The van der Waals surface area contributed by atoms with Crippen LogP contribution in [-0.2, 0) is 16.0 Å². The molecule has 0 bridgehead atoms. The van der Waals surface area contributed by atoms with Crippen molar-refractivity contribution in [3.8, 4) is 0 Å². The molecule has 0 aliphatic heterocycles. The standard InChI is InChI=1S/C22H18N2O5/c1-28-22(27)17(10-13-12-23-16-8-4-2-6-14(13)16)24-21(26)20-11-18(25)15-7-3-5-9-19(15)29-20/h2-9,11-12,17,23H,10H2,1H3,(H,24,26). The summed E-state index contributed by atoms with van der Waals surface area (Å²) in [5.41, 5.74) is 1.76. The van der Waals surface area contributed by atoms with Gasteiger partial charge >= 0.3 is 5.97 Å². The summed E-state index contributed by atoms with van der Waals surface area (Å²) in [5, 5.41) is 3.95. The molecule has 4 aromatic rings. The molecule has 29 heavy (non-hydrogen) atoms. The molecule has 1 unspecified atom stereocenters. The first kappa shape index (κ1) is 18.5. The molecular formula is C22H18N2O5. The zero-order chi connectivity index (χ0) is 20.4. The number of hydrogen-bond acceptors (Lipinski definition) is 5. The second kappa shape index (κ2) is 7.63. The molecule has 2 heterocycles. The second-order valence-electron chi connectivity index (χ2n) is 6.58. The van der Waals surface area contributed by atoms with E-state index in [4.69, 9.17) is 9.15 Å². The van der Waals surface area contributed by atoms with E-state index in [1.807, 2.05) is 24.3 Å². The number of benzene rings is 2. The lowest BCUT2D eigenvalue weighted by atomic mass is 10.0. The van der Waals surface area contributed by atoms with Crippen molar-refractivity contribution >= 4 is 33.7 Å². The number of carbonyl (C=O) groups excluding carboxylic acids is 2. The lowest BCUT2D eigenvalue weighted by Gasteiger charge is -2.16. The van der Waals surface area contributed by atoms with E-state index < -0.39 is 17.9 Å². The number of para-hydroxylation sites is 2. The van der Waals surface area contributed by atoms with Gasteiger partial charge in [0.15, 0.2) is 11.2 Å². The number of hydrogen-bond donors (Lipinski definition) is 2. The van der Waals surface area contributed by atoms with Crippen molar-refractivity contribution in [1.29, 1.82) is 0 Å². The Bertz CT molecular complexity index is 1270. The summed E-state index contributed by atoms with van der Waals surface area (Å²) >= 11 is 0. The number of methoxy groups -OCH3 is 1. The van der Waals surface area contributed by atoms with E-state index in [1.54, 1.807) is 30.5 Å². The molecule has 1 amide bonds. The molecule has 2 aromatic carbocycles. The van der Waals surface area contributed by atoms with E-state index in [0.717, 1.165) is 22.5 Å². The number of rotatable bonds is 5. The Morgan fingerprint density at radius 3 is 2.62 bits per heavy atom. The molecule has 0 fully saturated rings. The number of ether oxygens (including phenoxy) is 1. The summed E-state index contributed by atoms with van der Waals surface area (Å²) < 4.78 is 10.4. The van der Waals surface area contributed by atoms with Crippen LogP contribution in [0.5, 0.6) is 0 Å². The summed E-state index contributed by atoms with van der Waals surface area (Å²) in [7, 11) is 1.26. The number of H-pyrrole nitrogens is 1. The van der Waals surface area contributed by atoms with Crippen LogP contribution in [0, 0.1) is 0 Å². The van der Waals surface area contributed by atoms with Gasteiger partial charge in [-0.1, -0.05) is 30.3 Å². The molecule has 2 N–H and O–H groups in total. The predicted molar refractivity (Wildman–Crippen MR) is 108 cm³/mol. The van der Waals surface area contributed by atoms with Gasteiger partial charge in [-0.25, -0.2) is 4.79 Å². The maximum Gasteiger partial charge on any atom is 0.328 e. The van der Waals surface area contributed by atoms with E-state index in [9.17, 15) is 14.4 Å². The van der Waals surface area contributed by atoms with Gasteiger partial charge in [0.05, 0.1) is 12.5 Å². The largest absolute Gasteiger partial charge is 0.467 e. The summed E-state index contributed by atoms with van der Waals surface area (Å²) in [6.07, 6.45) is 2.02. The highest BCUT2D eigenvalue weighted by atomic mass is 16.5. The number of aromatic amines is 1. The van der Waals surface area contributed by atoms with Crippen LogP contribution in [0.4, 0.5) is 0 Å². The molecule has 7 heteroatoms. The highest BCUT2D eigenvalue weighted by Gasteiger charge is 2.25. The van der Waals surface area contributed by atoms with Crippen LogP contribution < -0.4 is 10.7 Å². The molecule has 0 spiro atoms. The minimum absolute atomic E-state index is 0.165. The van der Waals surface area contributed by atoms with Crippen LogP contribution in [-0.4, -0.2) is 30.0 Å². The Morgan fingerprint density at radius 1 is 1.10 bits per heavy atom. The third-order valence-corrected chi connectivity index (χ3v) is 4.75. The van der Waals surface area contributed by atoms with Crippen LogP contribution in [0.1, 0.15) is 16.1 Å². The molecule has 7 nitrogen and oxygen atoms in total. The lowest BCUT2D eigenvalue weighted by Crippen LogP contribution is -2.43. The fourth-order valence-corrected chi connectivity index (χ4v) is 3.30. The molecule has 0 aliphatic carbocycles. The van der Waals surface area contributed by atoms with Crippen molar-refractivity contribution < 1.29 is 18.7 Å². The lowest BCUT2D eigenvalue weighted by molar-refractivity contribution is -0.142. The van der Waals surface area contributed by atoms with E-state index in [1.165, 1.54) is 7.11 Å². The van der Waals surface area contributed by atoms with E-state index in [-0.39, 0.29) is 17.6 Å². The molecule has 1 atom stereocenters. The molecule has 0 aliphatic rings. The van der Waals surface area contributed by atoms with Crippen LogP contribution in [0.25, 0.3) is 21.9 Å². The van der Waals surface area contributed by atoms with Crippen molar-refractivity contribution in [1.82, 2.24) is 10.3 Å². The maximum atomic E-state index is 12.7. The highest BCUT2D eigenvalue weighted by Crippen LogP contribution is 2.20. The van der Waals surface area contributed by atoms with Gasteiger partial charge < -0.3 is 19.5 Å². The number of fused-ring (bicyclic) bond motifs is 2. The van der Waals surface area contributed by atoms with E-state index in [0.29, 0.717) is 11.0 Å². The van der Waals surface area contributed by atoms with Gasteiger partial charge in [0, 0.05) is 29.6 Å². The van der Waals surface area contributed by atoms with E-state index in [2.05, 4.69) is 10.3 Å². The highest BCUT2D eigenvalue weighted by molar-refractivity contribution is 5.96. The monoisotopic (exact) mass is 390 g/mol. The van der Waals surface area contributed by atoms with Gasteiger partial charge in [-0.2, -0.15) is 0 Å². The number of carbonyl (C=O) groups is 2. The fraction of sp³-hybridized carbons (Fsp3) is 0.136. The Hall–Kier alpha value is -3.87. The van der Waals surface area contributed by atoms with Crippen LogP contribution in [0.2, 0.25) is 0 Å². The summed E-state index contributed by atoms with van der Waals surface area (Å²) in [6, 6.07) is 14.5. The average molecular weight is 390 g/mol. The Labute approximate surface area is 165 Å². The second-order valence-corrected chi connectivity index (χ2v) is 6.58. The first-order chi connectivity index (χ1) is 14.1. The van der Waals surface area contributed by atoms with Gasteiger partial charge in [-0.05, 0) is 23.8 Å². The van der Waals surface area contributed by atoms with E-state index >= 15 is 0 Å². The smallest absolute Gasteiger partial charge is 0.328 e. The van der Waals surface area contributed by atoms with Crippen LogP contribution >= 0.6 is 0 Å². The molecule has 4 rings (SSSR count). The molecule has 0 saturated carbocycles. The third kappa shape index (κ3) is 3.62. The number of amides is 1. The van der Waals surface area contributed by atoms with Crippen LogP contribution in [0.15, 0.2) is 70.0 Å². The molecule has 0 radical (unpaired) electrons. The van der Waals surface area contributed by atoms with Gasteiger partial charge in [0.1, 0.15) is 11.6 Å². The predicted octanol–water partition coefficient (Wildman–Crippen LogP) is 2.79. The Kier molecular flexibility index (Phi) is 4.87. The first-order valence-corrected chi connectivity index (χ1v) is 9.03. The normalized spacial score (nSPS) is 12.0. The molecule has 0 saturated heterocycles. The quantitative estimate of drug-likeness (QED) is 0.510. The number of aromatic nitrogens is 1. The molecular weight excluding hydrogens is 372 g/mol. The van der Waals surface area contributed by atoms with Crippen molar-refractivity contribution in [2.75, 3.05) is 7.11 Å². The average Bonchev–Trinajstić information content (AvgIpc) is 3.15. The van der Waals surface area contributed by atoms with Gasteiger partial charge in [-0.3, -0.25) is 9.59 Å². The SMILES string of the molecule is COC(=O)C(Cc1c[nH]c2ccccc12)NC(=O)c1cc(=O)c2ccccc2o1. The van der Waals surface area contributed by atoms with Gasteiger partial charge in [0.25, 0.3) is 5.91 Å². The number of nitrogens with one attached hydrogen (secondary N) is 2. The zero-order valence-electron chi connectivity index (χ0n) is 15.6. The summed E-state index contributed by atoms with van der Waals surface area (Å²) in [5.74, 6) is -1.42. The fourth-order valence-electron chi connectivity index (χ4n) is 3.30. The minimum Gasteiger partial charge on any atom is -0.467 e. The maximum absolute atomic E-state index is 12.7.